The SMILES string of the molecule is CN(C)CCNS(=O)(=O)c1ccc2nc(-c3ccc(-c4nc5ccc(S(=O)(=O)NCCN(C)C)cc5[nH]4)cc3)[nH]c2c1. The summed E-state index contributed by atoms with van der Waals surface area (Å²) in [5.41, 5.74) is 4.17. The Bertz CT molecular complexity index is 1790. The lowest BCUT2D eigenvalue weighted by Crippen LogP contribution is -2.31. The number of benzene rings is 3. The molecule has 0 amide bonds. The Hall–Kier alpha value is -3.66. The Morgan fingerprint density at radius 1 is 0.619 bits per heavy atom. The molecule has 0 aliphatic heterocycles. The number of likely N-dealkylation sites (N-methyl/N-ethyl adjacent to an activating group) is 2. The zero-order chi connectivity index (χ0) is 30.1. The highest BCUT2D eigenvalue weighted by atomic mass is 32.2. The molecule has 0 unspecified atom stereocenters. The summed E-state index contributed by atoms with van der Waals surface area (Å²) in [6.07, 6.45) is 0. The van der Waals surface area contributed by atoms with Crippen LogP contribution in [0.1, 0.15) is 0 Å². The summed E-state index contributed by atoms with van der Waals surface area (Å²) in [6, 6.07) is 17.2. The molecular formula is C28H34N8O4S2. The number of aromatic amines is 2. The van der Waals surface area contributed by atoms with Gasteiger partial charge in [0.15, 0.2) is 0 Å². The van der Waals surface area contributed by atoms with Gasteiger partial charge in [-0.2, -0.15) is 0 Å². The van der Waals surface area contributed by atoms with E-state index in [1.165, 1.54) is 0 Å². The molecule has 42 heavy (non-hydrogen) atoms. The number of imidazole rings is 2. The summed E-state index contributed by atoms with van der Waals surface area (Å²) in [4.78, 5) is 19.8. The normalized spacial score (nSPS) is 12.7. The highest BCUT2D eigenvalue weighted by Gasteiger charge is 2.17. The molecule has 0 fully saturated rings. The van der Waals surface area contributed by atoms with Crippen LogP contribution in [-0.2, 0) is 20.0 Å². The molecular weight excluding hydrogens is 576 g/mol. The number of aromatic nitrogens is 4. The average molecular weight is 611 g/mol. The molecule has 222 valence electrons. The van der Waals surface area contributed by atoms with E-state index in [-0.39, 0.29) is 9.79 Å². The lowest BCUT2D eigenvalue weighted by Gasteiger charge is -2.10. The van der Waals surface area contributed by atoms with Gasteiger partial charge in [0.1, 0.15) is 11.6 Å². The lowest BCUT2D eigenvalue weighted by molar-refractivity contribution is 0.412. The minimum atomic E-state index is -3.64. The Kier molecular flexibility index (Phi) is 8.46. The van der Waals surface area contributed by atoms with E-state index in [1.54, 1.807) is 36.4 Å². The van der Waals surface area contributed by atoms with Crippen molar-refractivity contribution in [2.24, 2.45) is 0 Å². The molecule has 0 bridgehead atoms. The summed E-state index contributed by atoms with van der Waals surface area (Å²) in [7, 11) is 0.243. The predicted octanol–water partition coefficient (Wildman–Crippen LogP) is 2.45. The van der Waals surface area contributed by atoms with E-state index in [4.69, 9.17) is 0 Å². The number of nitrogens with one attached hydrogen (secondary N) is 4. The van der Waals surface area contributed by atoms with Gasteiger partial charge in [0.25, 0.3) is 0 Å². The molecule has 0 atom stereocenters. The van der Waals surface area contributed by atoms with Crippen LogP contribution in [0.5, 0.6) is 0 Å². The Labute approximate surface area is 245 Å². The molecule has 12 nitrogen and oxygen atoms in total. The van der Waals surface area contributed by atoms with Gasteiger partial charge >= 0.3 is 0 Å². The Morgan fingerprint density at radius 3 is 1.36 bits per heavy atom. The Morgan fingerprint density at radius 2 is 1.00 bits per heavy atom. The number of sulfonamides is 2. The molecule has 5 rings (SSSR count). The fourth-order valence-corrected chi connectivity index (χ4v) is 6.44. The van der Waals surface area contributed by atoms with Crippen LogP contribution in [0.4, 0.5) is 0 Å². The molecule has 2 aromatic heterocycles. The van der Waals surface area contributed by atoms with Crippen molar-refractivity contribution >= 4 is 42.1 Å². The fourth-order valence-electron chi connectivity index (χ4n) is 4.35. The van der Waals surface area contributed by atoms with Crippen LogP contribution in [0.25, 0.3) is 44.8 Å². The summed E-state index contributed by atoms with van der Waals surface area (Å²) in [5.74, 6) is 1.21. The first-order chi connectivity index (χ1) is 19.9. The highest BCUT2D eigenvalue weighted by molar-refractivity contribution is 7.89. The first-order valence-corrected chi connectivity index (χ1v) is 16.3. The molecule has 2 heterocycles. The summed E-state index contributed by atoms with van der Waals surface area (Å²) >= 11 is 0. The number of H-pyrrole nitrogens is 2. The number of hydrogen-bond acceptors (Lipinski definition) is 8. The van der Waals surface area contributed by atoms with Crippen LogP contribution in [0.3, 0.4) is 0 Å². The number of rotatable bonds is 12. The van der Waals surface area contributed by atoms with Gasteiger partial charge in [-0.15, -0.1) is 0 Å². The van der Waals surface area contributed by atoms with E-state index in [2.05, 4.69) is 29.4 Å². The first-order valence-electron chi connectivity index (χ1n) is 13.3. The van der Waals surface area contributed by atoms with E-state index < -0.39 is 20.0 Å². The minimum Gasteiger partial charge on any atom is -0.338 e. The van der Waals surface area contributed by atoms with Gasteiger partial charge in [0, 0.05) is 37.3 Å². The highest BCUT2D eigenvalue weighted by Crippen LogP contribution is 2.27. The molecule has 5 aromatic rings. The lowest BCUT2D eigenvalue weighted by atomic mass is 10.1. The van der Waals surface area contributed by atoms with Crippen LogP contribution in [0.2, 0.25) is 0 Å². The number of fused-ring (bicyclic) bond motifs is 2. The molecule has 3 aromatic carbocycles. The van der Waals surface area contributed by atoms with Crippen LogP contribution in [0.15, 0.2) is 70.5 Å². The van der Waals surface area contributed by atoms with Crippen LogP contribution < -0.4 is 9.44 Å². The van der Waals surface area contributed by atoms with Crippen molar-refractivity contribution in [2.45, 2.75) is 9.79 Å². The van der Waals surface area contributed by atoms with Gasteiger partial charge in [0.05, 0.1) is 31.9 Å². The maximum absolute atomic E-state index is 12.7. The second-order valence-corrected chi connectivity index (χ2v) is 14.0. The molecule has 0 saturated heterocycles. The van der Waals surface area contributed by atoms with E-state index in [1.807, 2.05) is 62.3 Å². The van der Waals surface area contributed by atoms with E-state index in [0.717, 1.165) is 11.1 Å². The fraction of sp³-hybridized carbons (Fsp3) is 0.286. The van der Waals surface area contributed by atoms with E-state index in [9.17, 15) is 16.8 Å². The Balaban J connectivity index is 1.34. The van der Waals surface area contributed by atoms with Gasteiger partial charge in [-0.25, -0.2) is 36.2 Å². The summed E-state index contributed by atoms with van der Waals surface area (Å²) in [5, 5.41) is 0. The maximum Gasteiger partial charge on any atom is 0.240 e. The van der Waals surface area contributed by atoms with E-state index >= 15 is 0 Å². The van der Waals surface area contributed by atoms with Crippen molar-refractivity contribution in [3.8, 4) is 22.8 Å². The van der Waals surface area contributed by atoms with Gasteiger partial charge < -0.3 is 19.8 Å². The van der Waals surface area contributed by atoms with Crippen molar-refractivity contribution in [1.82, 2.24) is 39.2 Å². The van der Waals surface area contributed by atoms with Crippen LogP contribution in [0, 0.1) is 0 Å². The first kappa shape index (κ1) is 29.8. The third kappa shape index (κ3) is 6.69. The maximum atomic E-state index is 12.7. The number of nitrogens with zero attached hydrogens (tertiary/aromatic N) is 4. The minimum absolute atomic E-state index is 0.171. The molecule has 0 saturated carbocycles. The van der Waals surface area contributed by atoms with E-state index in [0.29, 0.717) is 59.9 Å². The van der Waals surface area contributed by atoms with Crippen molar-refractivity contribution in [3.63, 3.8) is 0 Å². The van der Waals surface area contributed by atoms with Crippen LogP contribution in [-0.4, -0.2) is 101 Å². The second kappa shape index (κ2) is 11.9. The topological polar surface area (TPSA) is 156 Å². The third-order valence-corrected chi connectivity index (χ3v) is 9.58. The smallest absolute Gasteiger partial charge is 0.240 e. The monoisotopic (exact) mass is 610 g/mol. The van der Waals surface area contributed by atoms with Gasteiger partial charge in [-0.05, 0) is 64.6 Å². The van der Waals surface area contributed by atoms with Gasteiger partial charge in [-0.1, -0.05) is 24.3 Å². The largest absolute Gasteiger partial charge is 0.338 e. The van der Waals surface area contributed by atoms with Crippen molar-refractivity contribution < 1.29 is 16.8 Å². The molecule has 14 heteroatoms. The van der Waals surface area contributed by atoms with Crippen LogP contribution >= 0.6 is 0 Å². The zero-order valence-corrected chi connectivity index (χ0v) is 25.5. The van der Waals surface area contributed by atoms with Crippen molar-refractivity contribution in [2.75, 3.05) is 54.4 Å². The quantitative estimate of drug-likeness (QED) is 0.168. The zero-order valence-electron chi connectivity index (χ0n) is 23.8. The summed E-state index contributed by atoms with van der Waals surface area (Å²) in [6.45, 7) is 1.82. The molecule has 0 radical (unpaired) electrons. The molecule has 0 spiro atoms. The predicted molar refractivity (Wildman–Crippen MR) is 164 cm³/mol. The standard InChI is InChI=1S/C28H34N8O4S2/c1-35(2)15-13-29-41(37,38)21-9-11-23-25(17-21)33-27(31-23)19-5-7-20(8-6-19)28-32-24-12-10-22(18-26(24)34-28)42(39,40)30-14-16-36(3)4/h5-12,17-18,29-30H,13-16H2,1-4H3,(H,31,33)(H,32,34). The average Bonchev–Trinajstić information content (AvgIpc) is 3.56. The van der Waals surface area contributed by atoms with Crippen molar-refractivity contribution in [1.29, 1.82) is 0 Å². The van der Waals surface area contributed by atoms with Gasteiger partial charge in [-0.3, -0.25) is 0 Å². The molecule has 0 aliphatic carbocycles. The van der Waals surface area contributed by atoms with Crippen molar-refractivity contribution in [3.05, 3.63) is 60.7 Å². The molecule has 4 N–H and O–H groups in total. The third-order valence-electron chi connectivity index (χ3n) is 6.66. The second-order valence-electron chi connectivity index (χ2n) is 10.5. The number of hydrogen-bond donors (Lipinski definition) is 4. The summed E-state index contributed by atoms with van der Waals surface area (Å²) < 4.78 is 56.0. The van der Waals surface area contributed by atoms with Gasteiger partial charge in [0.2, 0.25) is 20.0 Å². The molecule has 0 aliphatic rings.